The number of carbonyl (C=O) groups is 2. The Morgan fingerprint density at radius 1 is 0.852 bits per heavy atom. The minimum Gasteiger partial charge on any atom is -0.268 e. The molecule has 0 atom stereocenters. The third kappa shape index (κ3) is 1.64. The summed E-state index contributed by atoms with van der Waals surface area (Å²) in [7, 11) is 0. The van der Waals surface area contributed by atoms with Crippen molar-refractivity contribution in [2.75, 3.05) is 4.90 Å². The lowest BCUT2D eigenvalue weighted by Crippen LogP contribution is -2.40. The van der Waals surface area contributed by atoms with Crippen molar-refractivity contribution in [3.63, 3.8) is 0 Å². The average molecular weight is 371 g/mol. The van der Waals surface area contributed by atoms with Gasteiger partial charge in [-0.2, -0.15) is 0 Å². The van der Waals surface area contributed by atoms with Crippen LogP contribution < -0.4 is 10.5 Å². The normalized spacial score (nSPS) is 14.1. The van der Waals surface area contributed by atoms with Crippen LogP contribution in [0.3, 0.4) is 0 Å². The van der Waals surface area contributed by atoms with Crippen LogP contribution in [0.25, 0.3) is 27.2 Å². The molecule has 128 valence electrons. The van der Waals surface area contributed by atoms with Gasteiger partial charge in [-0.3, -0.25) is 18.8 Å². The number of thiophene rings is 1. The van der Waals surface area contributed by atoms with Gasteiger partial charge in [0.2, 0.25) is 0 Å². The Hall–Kier alpha value is -3.58. The first-order chi connectivity index (χ1) is 13.2. The average Bonchev–Trinajstić information content (AvgIpc) is 3.36. The van der Waals surface area contributed by atoms with Crippen molar-refractivity contribution >= 4 is 55.3 Å². The van der Waals surface area contributed by atoms with Crippen molar-refractivity contribution in [1.29, 1.82) is 0 Å². The Morgan fingerprint density at radius 2 is 1.59 bits per heavy atom. The summed E-state index contributed by atoms with van der Waals surface area (Å²) in [4.78, 5) is 44.6. The first-order valence-electron chi connectivity index (χ1n) is 8.27. The van der Waals surface area contributed by atoms with E-state index in [1.807, 2.05) is 5.38 Å². The number of hydrogen-bond donors (Lipinski definition) is 0. The molecule has 0 bridgehead atoms. The van der Waals surface area contributed by atoms with E-state index in [1.165, 1.54) is 20.6 Å². The van der Waals surface area contributed by atoms with Gasteiger partial charge in [-0.1, -0.05) is 0 Å². The summed E-state index contributed by atoms with van der Waals surface area (Å²) in [6, 6.07) is 10.4. The number of anilines is 1. The fourth-order valence-electron chi connectivity index (χ4n) is 3.94. The topological polar surface area (TPSA) is 71.7 Å². The fraction of sp³-hybridized carbons (Fsp3) is 0. The second-order valence-electron chi connectivity index (χ2n) is 6.39. The number of amides is 2. The maximum absolute atomic E-state index is 13.1. The zero-order valence-electron chi connectivity index (χ0n) is 13.7. The smallest absolute Gasteiger partial charge is 0.266 e. The highest BCUT2D eigenvalue weighted by molar-refractivity contribution is 7.14. The van der Waals surface area contributed by atoms with E-state index in [4.69, 9.17) is 0 Å². The van der Waals surface area contributed by atoms with Crippen molar-refractivity contribution in [2.24, 2.45) is 0 Å². The van der Waals surface area contributed by atoms with E-state index in [0.29, 0.717) is 37.9 Å². The van der Waals surface area contributed by atoms with Gasteiger partial charge in [-0.15, -0.1) is 11.3 Å². The summed E-state index contributed by atoms with van der Waals surface area (Å²) in [5.41, 5.74) is 1.16. The highest BCUT2D eigenvalue weighted by Gasteiger charge is 2.35. The first-order valence-corrected chi connectivity index (χ1v) is 9.15. The summed E-state index contributed by atoms with van der Waals surface area (Å²) >= 11 is 1.33. The van der Waals surface area contributed by atoms with Crippen LogP contribution in [0.1, 0.15) is 20.7 Å². The molecule has 5 aromatic rings. The lowest BCUT2D eigenvalue weighted by Gasteiger charge is -2.26. The Labute approximate surface area is 155 Å². The molecule has 2 aromatic carbocycles. The lowest BCUT2D eigenvalue weighted by molar-refractivity contribution is 0.0894. The molecule has 0 radical (unpaired) electrons. The minimum atomic E-state index is -0.375. The van der Waals surface area contributed by atoms with Crippen molar-refractivity contribution < 1.29 is 9.59 Å². The zero-order valence-corrected chi connectivity index (χ0v) is 14.5. The summed E-state index contributed by atoms with van der Waals surface area (Å²) in [5.74, 6) is -0.750. The number of nitrogens with zero attached hydrogens (tertiary/aromatic N) is 3. The molecule has 3 aromatic heterocycles. The standard InChI is InChI=1S/C20H9N3O3S/c24-18-11-5-6-13-16-12(19(25)23(20(13)26)14-2-1-9-27-14)4-3-10(15(11)16)17-21-7-8-22(17)18/h1-9H. The van der Waals surface area contributed by atoms with Crippen LogP contribution in [0, 0.1) is 0 Å². The Balaban J connectivity index is 1.81. The summed E-state index contributed by atoms with van der Waals surface area (Å²) < 4.78 is 1.49. The summed E-state index contributed by atoms with van der Waals surface area (Å²) in [5, 5.41) is 4.79. The van der Waals surface area contributed by atoms with Gasteiger partial charge in [0.25, 0.3) is 17.4 Å². The Morgan fingerprint density at radius 3 is 2.30 bits per heavy atom. The quantitative estimate of drug-likeness (QED) is 0.424. The van der Waals surface area contributed by atoms with Crippen molar-refractivity contribution in [3.8, 4) is 0 Å². The maximum Gasteiger partial charge on any atom is 0.266 e. The number of aromatic nitrogens is 2. The molecule has 0 unspecified atom stereocenters. The van der Waals surface area contributed by atoms with E-state index in [9.17, 15) is 14.4 Å². The number of imide groups is 1. The monoisotopic (exact) mass is 371 g/mol. The molecule has 0 spiro atoms. The molecule has 0 N–H and O–H groups in total. The number of benzene rings is 2. The van der Waals surface area contributed by atoms with E-state index in [1.54, 1.807) is 48.8 Å². The number of pyridine rings is 1. The second kappa shape index (κ2) is 4.77. The van der Waals surface area contributed by atoms with Gasteiger partial charge in [0.1, 0.15) is 10.6 Å². The molecule has 1 aliphatic heterocycles. The molecule has 27 heavy (non-hydrogen) atoms. The molecule has 2 amide bonds. The lowest BCUT2D eigenvalue weighted by atomic mass is 9.90. The highest BCUT2D eigenvalue weighted by atomic mass is 32.1. The SMILES string of the molecule is O=C1c2ccc3c(=O)n4ccnc4c4ccc(c2c34)C(=O)N1c1cccs1. The number of imidazole rings is 1. The van der Waals surface area contributed by atoms with Gasteiger partial charge in [0, 0.05) is 45.1 Å². The molecular formula is C20H9N3O3S. The number of hydrogen-bond acceptors (Lipinski definition) is 5. The molecule has 0 saturated heterocycles. The van der Waals surface area contributed by atoms with Crippen LogP contribution in [-0.4, -0.2) is 21.2 Å². The van der Waals surface area contributed by atoms with E-state index in [0.717, 1.165) is 5.39 Å². The maximum atomic E-state index is 13.1. The van der Waals surface area contributed by atoms with Gasteiger partial charge in [-0.25, -0.2) is 9.88 Å². The summed E-state index contributed by atoms with van der Waals surface area (Å²) in [6.45, 7) is 0. The van der Waals surface area contributed by atoms with Crippen LogP contribution in [0.5, 0.6) is 0 Å². The van der Waals surface area contributed by atoms with Crippen LogP contribution in [0.4, 0.5) is 5.00 Å². The van der Waals surface area contributed by atoms with Crippen molar-refractivity contribution in [1.82, 2.24) is 9.38 Å². The molecule has 6 rings (SSSR count). The Kier molecular flexibility index (Phi) is 2.58. The third-order valence-electron chi connectivity index (χ3n) is 5.09. The molecule has 0 fully saturated rings. The van der Waals surface area contributed by atoms with E-state index >= 15 is 0 Å². The van der Waals surface area contributed by atoms with E-state index < -0.39 is 0 Å². The second-order valence-corrected chi connectivity index (χ2v) is 7.32. The minimum absolute atomic E-state index is 0.209. The largest absolute Gasteiger partial charge is 0.268 e. The molecule has 0 saturated carbocycles. The van der Waals surface area contributed by atoms with Crippen LogP contribution in [0.15, 0.2) is 59.0 Å². The van der Waals surface area contributed by atoms with Gasteiger partial charge in [-0.05, 0) is 41.8 Å². The predicted octanol–water partition coefficient (Wildman–Crippen LogP) is 3.30. The van der Waals surface area contributed by atoms with Crippen molar-refractivity contribution in [3.05, 3.63) is 75.7 Å². The van der Waals surface area contributed by atoms with Crippen LogP contribution in [-0.2, 0) is 0 Å². The molecule has 4 heterocycles. The van der Waals surface area contributed by atoms with Gasteiger partial charge in [0.05, 0.1) is 0 Å². The number of rotatable bonds is 1. The van der Waals surface area contributed by atoms with E-state index in [-0.39, 0.29) is 17.4 Å². The fourth-order valence-corrected chi connectivity index (χ4v) is 4.67. The number of fused-ring (bicyclic) bond motifs is 2. The predicted molar refractivity (Wildman–Crippen MR) is 103 cm³/mol. The molecule has 7 heteroatoms. The Bertz CT molecular complexity index is 1460. The van der Waals surface area contributed by atoms with Crippen LogP contribution >= 0.6 is 11.3 Å². The molecule has 0 aliphatic carbocycles. The third-order valence-corrected chi connectivity index (χ3v) is 5.94. The zero-order chi connectivity index (χ0) is 18.3. The highest BCUT2D eigenvalue weighted by Crippen LogP contribution is 2.38. The van der Waals surface area contributed by atoms with Gasteiger partial charge in [0.15, 0.2) is 0 Å². The molecular weight excluding hydrogens is 362 g/mol. The number of carbonyl (C=O) groups excluding carboxylic acids is 2. The molecule has 1 aliphatic rings. The summed E-state index contributed by atoms with van der Waals surface area (Å²) in [6.07, 6.45) is 3.19. The van der Waals surface area contributed by atoms with Crippen molar-refractivity contribution in [2.45, 2.75) is 0 Å². The molecule has 6 nitrogen and oxygen atoms in total. The van der Waals surface area contributed by atoms with Gasteiger partial charge >= 0.3 is 0 Å². The first kappa shape index (κ1) is 14.6. The van der Waals surface area contributed by atoms with Crippen LogP contribution in [0.2, 0.25) is 0 Å². The van der Waals surface area contributed by atoms with Gasteiger partial charge < -0.3 is 0 Å². The van der Waals surface area contributed by atoms with E-state index in [2.05, 4.69) is 4.98 Å².